The number of rotatable bonds is 3. The SMILES string of the molecule is NCCC1(c2cccc(Br)c2)CCC1. The fourth-order valence-electron chi connectivity index (χ4n) is 2.38. The Kier molecular flexibility index (Phi) is 2.93. The Labute approximate surface area is 93.8 Å². The van der Waals surface area contributed by atoms with E-state index in [1.165, 1.54) is 29.3 Å². The molecule has 2 rings (SSSR count). The molecule has 1 aliphatic rings. The molecule has 0 bridgehead atoms. The fraction of sp³-hybridized carbons (Fsp3) is 0.500. The second-order valence-corrected chi connectivity index (χ2v) is 5.10. The van der Waals surface area contributed by atoms with Gasteiger partial charge in [0.05, 0.1) is 0 Å². The average molecular weight is 254 g/mol. The number of nitrogens with two attached hydrogens (primary N) is 1. The largest absolute Gasteiger partial charge is 0.330 e. The maximum absolute atomic E-state index is 5.69. The lowest BCUT2D eigenvalue weighted by Gasteiger charge is -2.42. The van der Waals surface area contributed by atoms with Crippen LogP contribution < -0.4 is 5.73 Å². The zero-order chi connectivity index (χ0) is 10.0. The summed E-state index contributed by atoms with van der Waals surface area (Å²) in [6.07, 6.45) is 5.09. The highest BCUT2D eigenvalue weighted by atomic mass is 79.9. The van der Waals surface area contributed by atoms with Crippen LogP contribution in [0.25, 0.3) is 0 Å². The first kappa shape index (κ1) is 10.2. The van der Waals surface area contributed by atoms with Gasteiger partial charge in [-0.2, -0.15) is 0 Å². The standard InChI is InChI=1S/C12H16BrN/c13-11-4-1-3-10(9-11)12(7-8-14)5-2-6-12/h1,3-4,9H,2,5-8,14H2. The van der Waals surface area contributed by atoms with Gasteiger partial charge in [-0.3, -0.25) is 0 Å². The quantitative estimate of drug-likeness (QED) is 0.880. The van der Waals surface area contributed by atoms with Crippen molar-refractivity contribution in [3.63, 3.8) is 0 Å². The van der Waals surface area contributed by atoms with Crippen molar-refractivity contribution in [1.29, 1.82) is 0 Å². The van der Waals surface area contributed by atoms with E-state index >= 15 is 0 Å². The minimum Gasteiger partial charge on any atom is -0.330 e. The van der Waals surface area contributed by atoms with Crippen molar-refractivity contribution in [2.75, 3.05) is 6.54 Å². The minimum absolute atomic E-state index is 0.401. The van der Waals surface area contributed by atoms with E-state index in [1.807, 2.05) is 0 Å². The normalized spacial score (nSPS) is 19.0. The van der Waals surface area contributed by atoms with Gasteiger partial charge in [0.1, 0.15) is 0 Å². The van der Waals surface area contributed by atoms with Crippen LogP contribution in [0.3, 0.4) is 0 Å². The van der Waals surface area contributed by atoms with E-state index in [1.54, 1.807) is 0 Å². The molecule has 0 saturated heterocycles. The average Bonchev–Trinajstić information content (AvgIpc) is 2.11. The first-order chi connectivity index (χ1) is 6.77. The van der Waals surface area contributed by atoms with Crippen molar-refractivity contribution >= 4 is 15.9 Å². The summed E-state index contributed by atoms with van der Waals surface area (Å²) < 4.78 is 1.18. The van der Waals surface area contributed by atoms with Gasteiger partial charge in [-0.15, -0.1) is 0 Å². The first-order valence-electron chi connectivity index (χ1n) is 5.23. The molecule has 1 aromatic carbocycles. The predicted octanol–water partition coefficient (Wildman–Crippen LogP) is 3.22. The zero-order valence-electron chi connectivity index (χ0n) is 8.30. The van der Waals surface area contributed by atoms with Gasteiger partial charge in [0.15, 0.2) is 0 Å². The molecule has 0 amide bonds. The van der Waals surface area contributed by atoms with Crippen LogP contribution in [-0.4, -0.2) is 6.54 Å². The highest BCUT2D eigenvalue weighted by Gasteiger charge is 2.37. The van der Waals surface area contributed by atoms with Gasteiger partial charge in [0.25, 0.3) is 0 Å². The summed E-state index contributed by atoms with van der Waals surface area (Å²) >= 11 is 3.53. The third kappa shape index (κ3) is 1.73. The molecule has 0 unspecified atom stereocenters. The highest BCUT2D eigenvalue weighted by Crippen LogP contribution is 2.46. The fourth-order valence-corrected chi connectivity index (χ4v) is 2.78. The summed E-state index contributed by atoms with van der Waals surface area (Å²) in [6, 6.07) is 8.68. The van der Waals surface area contributed by atoms with Crippen LogP contribution in [0.2, 0.25) is 0 Å². The molecule has 0 atom stereocenters. The summed E-state index contributed by atoms with van der Waals surface area (Å²) in [4.78, 5) is 0. The van der Waals surface area contributed by atoms with Gasteiger partial charge >= 0.3 is 0 Å². The summed E-state index contributed by atoms with van der Waals surface area (Å²) in [7, 11) is 0. The highest BCUT2D eigenvalue weighted by molar-refractivity contribution is 9.10. The maximum atomic E-state index is 5.69. The molecule has 2 N–H and O–H groups in total. The molecule has 0 heterocycles. The predicted molar refractivity (Wildman–Crippen MR) is 63.3 cm³/mol. The molecular weight excluding hydrogens is 238 g/mol. The second-order valence-electron chi connectivity index (χ2n) is 4.18. The molecule has 1 nitrogen and oxygen atoms in total. The molecule has 0 radical (unpaired) electrons. The van der Waals surface area contributed by atoms with Gasteiger partial charge in [-0.1, -0.05) is 34.5 Å². The van der Waals surface area contributed by atoms with Crippen LogP contribution in [0.4, 0.5) is 0 Å². The lowest BCUT2D eigenvalue weighted by Crippen LogP contribution is -2.36. The van der Waals surface area contributed by atoms with Crippen molar-refractivity contribution in [3.8, 4) is 0 Å². The van der Waals surface area contributed by atoms with Crippen molar-refractivity contribution in [2.45, 2.75) is 31.1 Å². The number of hydrogen-bond donors (Lipinski definition) is 1. The Morgan fingerprint density at radius 3 is 2.64 bits per heavy atom. The Balaban J connectivity index is 2.27. The third-order valence-electron chi connectivity index (χ3n) is 3.37. The van der Waals surface area contributed by atoms with Crippen LogP contribution in [0.5, 0.6) is 0 Å². The zero-order valence-corrected chi connectivity index (χ0v) is 9.89. The Morgan fingerprint density at radius 2 is 2.14 bits per heavy atom. The molecule has 0 spiro atoms. The third-order valence-corrected chi connectivity index (χ3v) is 3.86. The van der Waals surface area contributed by atoms with Crippen molar-refractivity contribution in [2.24, 2.45) is 5.73 Å². The maximum Gasteiger partial charge on any atom is 0.0178 e. The minimum atomic E-state index is 0.401. The van der Waals surface area contributed by atoms with Gasteiger partial charge in [0, 0.05) is 4.47 Å². The van der Waals surface area contributed by atoms with Crippen LogP contribution in [0.1, 0.15) is 31.2 Å². The van der Waals surface area contributed by atoms with E-state index in [9.17, 15) is 0 Å². The molecule has 2 heteroatoms. The second kappa shape index (κ2) is 4.03. The molecule has 14 heavy (non-hydrogen) atoms. The number of hydrogen-bond acceptors (Lipinski definition) is 1. The molecular formula is C12H16BrN. The van der Waals surface area contributed by atoms with Crippen molar-refractivity contribution < 1.29 is 0 Å². The Hall–Kier alpha value is -0.340. The summed E-state index contributed by atoms with van der Waals surface area (Å²) in [5.74, 6) is 0. The van der Waals surface area contributed by atoms with Crippen molar-refractivity contribution in [3.05, 3.63) is 34.3 Å². The number of halogens is 1. The van der Waals surface area contributed by atoms with Gasteiger partial charge in [-0.05, 0) is 48.9 Å². The van der Waals surface area contributed by atoms with E-state index in [2.05, 4.69) is 40.2 Å². The van der Waals surface area contributed by atoms with E-state index in [0.29, 0.717) is 5.41 Å². The molecule has 1 aliphatic carbocycles. The summed E-state index contributed by atoms with van der Waals surface area (Å²) in [5, 5.41) is 0. The monoisotopic (exact) mass is 253 g/mol. The van der Waals surface area contributed by atoms with E-state index in [0.717, 1.165) is 13.0 Å². The summed E-state index contributed by atoms with van der Waals surface area (Å²) in [6.45, 7) is 0.798. The number of benzene rings is 1. The van der Waals surface area contributed by atoms with Crippen LogP contribution in [-0.2, 0) is 5.41 Å². The molecule has 1 saturated carbocycles. The lowest BCUT2D eigenvalue weighted by molar-refractivity contribution is 0.229. The molecule has 0 aromatic heterocycles. The molecule has 0 aliphatic heterocycles. The first-order valence-corrected chi connectivity index (χ1v) is 6.02. The van der Waals surface area contributed by atoms with Crippen LogP contribution >= 0.6 is 15.9 Å². The molecule has 76 valence electrons. The topological polar surface area (TPSA) is 26.0 Å². The Bertz CT molecular complexity index is 318. The van der Waals surface area contributed by atoms with Crippen molar-refractivity contribution in [1.82, 2.24) is 0 Å². The smallest absolute Gasteiger partial charge is 0.0178 e. The van der Waals surface area contributed by atoms with Gasteiger partial charge in [-0.25, -0.2) is 0 Å². The van der Waals surface area contributed by atoms with Crippen LogP contribution in [0, 0.1) is 0 Å². The lowest BCUT2D eigenvalue weighted by atomic mass is 9.62. The van der Waals surface area contributed by atoms with Gasteiger partial charge < -0.3 is 5.73 Å². The molecule has 1 fully saturated rings. The summed E-state index contributed by atoms with van der Waals surface area (Å²) in [5.41, 5.74) is 7.55. The van der Waals surface area contributed by atoms with Crippen LogP contribution in [0.15, 0.2) is 28.7 Å². The molecule has 1 aromatic rings. The van der Waals surface area contributed by atoms with E-state index in [4.69, 9.17) is 5.73 Å². The van der Waals surface area contributed by atoms with E-state index in [-0.39, 0.29) is 0 Å². The Morgan fingerprint density at radius 1 is 1.36 bits per heavy atom. The van der Waals surface area contributed by atoms with Gasteiger partial charge in [0.2, 0.25) is 0 Å². The van der Waals surface area contributed by atoms with E-state index < -0.39 is 0 Å².